The second-order valence-corrected chi connectivity index (χ2v) is 5.01. The number of hydrogen-bond acceptors (Lipinski definition) is 5. The van der Waals surface area contributed by atoms with Gasteiger partial charge in [0.2, 0.25) is 5.88 Å². The number of anilines is 1. The van der Waals surface area contributed by atoms with Crippen molar-refractivity contribution in [1.82, 2.24) is 14.9 Å². The van der Waals surface area contributed by atoms with Crippen molar-refractivity contribution in [2.45, 2.75) is 39.2 Å². The first-order valence-electron chi connectivity index (χ1n) is 7.17. The maximum absolute atomic E-state index is 6.09. The predicted molar refractivity (Wildman–Crippen MR) is 76.7 cm³/mol. The van der Waals surface area contributed by atoms with Crippen molar-refractivity contribution >= 4 is 5.82 Å². The molecular weight excluding hydrogens is 240 g/mol. The van der Waals surface area contributed by atoms with Gasteiger partial charge < -0.3 is 15.0 Å². The average Bonchev–Trinajstić information content (AvgIpc) is 2.42. The lowest BCUT2D eigenvalue weighted by Crippen LogP contribution is -2.36. The summed E-state index contributed by atoms with van der Waals surface area (Å²) in [5.41, 5.74) is 1.09. The fourth-order valence-electron chi connectivity index (χ4n) is 2.40. The zero-order chi connectivity index (χ0) is 13.7. The first-order valence-corrected chi connectivity index (χ1v) is 7.17. The van der Waals surface area contributed by atoms with Crippen molar-refractivity contribution in [1.29, 1.82) is 0 Å². The largest absolute Gasteiger partial charge is 0.474 e. The molecule has 1 fully saturated rings. The van der Waals surface area contributed by atoms with Crippen molar-refractivity contribution < 1.29 is 4.74 Å². The molecule has 1 N–H and O–H groups in total. The molecule has 0 aliphatic carbocycles. The Bertz CT molecular complexity index is 402. The van der Waals surface area contributed by atoms with Crippen LogP contribution in [-0.4, -0.2) is 47.7 Å². The van der Waals surface area contributed by atoms with Gasteiger partial charge in [0.1, 0.15) is 18.2 Å². The summed E-state index contributed by atoms with van der Waals surface area (Å²) < 4.78 is 6.09. The quantitative estimate of drug-likeness (QED) is 0.881. The van der Waals surface area contributed by atoms with Gasteiger partial charge in [-0.15, -0.1) is 0 Å². The van der Waals surface area contributed by atoms with E-state index in [1.807, 2.05) is 0 Å². The molecule has 1 aromatic rings. The van der Waals surface area contributed by atoms with E-state index in [4.69, 9.17) is 4.74 Å². The van der Waals surface area contributed by atoms with Crippen LogP contribution in [0.3, 0.4) is 0 Å². The summed E-state index contributed by atoms with van der Waals surface area (Å²) in [5, 5.41) is 3.27. The second kappa shape index (κ2) is 6.70. The topological polar surface area (TPSA) is 50.3 Å². The Labute approximate surface area is 115 Å². The third kappa shape index (κ3) is 3.56. The number of ether oxygens (including phenoxy) is 1. The van der Waals surface area contributed by atoms with E-state index in [0.717, 1.165) is 56.2 Å². The van der Waals surface area contributed by atoms with Crippen LogP contribution in [-0.2, 0) is 6.42 Å². The van der Waals surface area contributed by atoms with Crippen LogP contribution in [0.1, 0.15) is 32.3 Å². The van der Waals surface area contributed by atoms with E-state index in [9.17, 15) is 0 Å². The van der Waals surface area contributed by atoms with Crippen molar-refractivity contribution in [3.63, 3.8) is 0 Å². The van der Waals surface area contributed by atoms with Gasteiger partial charge >= 0.3 is 0 Å². The molecule has 0 saturated carbocycles. The Morgan fingerprint density at radius 1 is 1.32 bits per heavy atom. The van der Waals surface area contributed by atoms with Crippen LogP contribution in [0.2, 0.25) is 0 Å². The number of likely N-dealkylation sites (tertiary alicyclic amines) is 1. The summed E-state index contributed by atoms with van der Waals surface area (Å²) in [7, 11) is 2.15. The van der Waals surface area contributed by atoms with Crippen LogP contribution in [0.5, 0.6) is 5.88 Å². The summed E-state index contributed by atoms with van der Waals surface area (Å²) in [6.45, 7) is 7.23. The Kier molecular flexibility index (Phi) is 4.96. The third-order valence-electron chi connectivity index (χ3n) is 3.55. The zero-order valence-corrected chi connectivity index (χ0v) is 12.1. The molecule has 0 bridgehead atoms. The van der Waals surface area contributed by atoms with E-state index in [1.165, 1.54) is 0 Å². The molecule has 0 spiro atoms. The molecule has 0 radical (unpaired) electrons. The van der Waals surface area contributed by atoms with Crippen LogP contribution in [0.4, 0.5) is 5.82 Å². The van der Waals surface area contributed by atoms with Gasteiger partial charge in [-0.05, 0) is 33.2 Å². The van der Waals surface area contributed by atoms with Crippen molar-refractivity contribution in [3.05, 3.63) is 11.9 Å². The van der Waals surface area contributed by atoms with E-state index < -0.39 is 0 Å². The third-order valence-corrected chi connectivity index (χ3v) is 3.55. The Balaban J connectivity index is 2.08. The van der Waals surface area contributed by atoms with Crippen LogP contribution in [0, 0.1) is 0 Å². The minimum Gasteiger partial charge on any atom is -0.474 e. The number of nitrogens with zero attached hydrogens (tertiary/aromatic N) is 3. The Morgan fingerprint density at radius 2 is 2.05 bits per heavy atom. The first-order chi connectivity index (χ1) is 9.24. The minimum atomic E-state index is 0.283. The Hall–Kier alpha value is -1.36. The Morgan fingerprint density at radius 3 is 2.68 bits per heavy atom. The molecule has 1 aliphatic heterocycles. The van der Waals surface area contributed by atoms with Gasteiger partial charge in [-0.2, -0.15) is 0 Å². The lowest BCUT2D eigenvalue weighted by Gasteiger charge is -2.29. The van der Waals surface area contributed by atoms with Crippen LogP contribution >= 0.6 is 0 Å². The van der Waals surface area contributed by atoms with Crippen LogP contribution in [0.15, 0.2) is 6.33 Å². The van der Waals surface area contributed by atoms with Gasteiger partial charge in [0.15, 0.2) is 0 Å². The highest BCUT2D eigenvalue weighted by molar-refractivity contribution is 5.48. The number of nitrogens with one attached hydrogen (secondary N) is 1. The standard InChI is InChI=1S/C14H24N4O/c1-4-12-13(15-5-2)16-10-17-14(12)19-11-6-8-18(3)9-7-11/h10-11H,4-9H2,1-3H3,(H,15,16,17). The molecule has 2 rings (SSSR count). The molecule has 1 saturated heterocycles. The molecule has 19 heavy (non-hydrogen) atoms. The number of aromatic nitrogens is 2. The van der Waals surface area contributed by atoms with E-state index in [1.54, 1.807) is 6.33 Å². The molecule has 1 aromatic heterocycles. The lowest BCUT2D eigenvalue weighted by molar-refractivity contribution is 0.109. The summed E-state index contributed by atoms with van der Waals surface area (Å²) in [6, 6.07) is 0. The van der Waals surface area contributed by atoms with Crippen molar-refractivity contribution in [2.75, 3.05) is 32.0 Å². The molecule has 5 nitrogen and oxygen atoms in total. The number of rotatable bonds is 5. The summed E-state index contributed by atoms with van der Waals surface area (Å²) in [4.78, 5) is 11.0. The predicted octanol–water partition coefficient (Wildman–Crippen LogP) is 1.94. The van der Waals surface area contributed by atoms with Crippen LogP contribution < -0.4 is 10.1 Å². The molecule has 0 aromatic carbocycles. The normalized spacial score (nSPS) is 17.4. The molecule has 1 aliphatic rings. The van der Waals surface area contributed by atoms with Crippen molar-refractivity contribution in [2.24, 2.45) is 0 Å². The summed E-state index contributed by atoms with van der Waals surface area (Å²) in [5.74, 6) is 1.66. The molecule has 0 amide bonds. The highest BCUT2D eigenvalue weighted by Crippen LogP contribution is 2.25. The van der Waals surface area contributed by atoms with E-state index in [-0.39, 0.29) is 6.10 Å². The molecule has 106 valence electrons. The van der Waals surface area contributed by atoms with E-state index >= 15 is 0 Å². The van der Waals surface area contributed by atoms with E-state index in [2.05, 4.69) is 41.1 Å². The van der Waals surface area contributed by atoms with Gasteiger partial charge in [0.05, 0.1) is 5.56 Å². The highest BCUT2D eigenvalue weighted by atomic mass is 16.5. The van der Waals surface area contributed by atoms with Gasteiger partial charge in [-0.1, -0.05) is 6.92 Å². The smallest absolute Gasteiger partial charge is 0.222 e. The van der Waals surface area contributed by atoms with Gasteiger partial charge in [-0.25, -0.2) is 9.97 Å². The molecule has 5 heteroatoms. The fraction of sp³-hybridized carbons (Fsp3) is 0.714. The van der Waals surface area contributed by atoms with Gasteiger partial charge in [0, 0.05) is 19.6 Å². The molecule has 2 heterocycles. The van der Waals surface area contributed by atoms with E-state index in [0.29, 0.717) is 0 Å². The minimum absolute atomic E-state index is 0.283. The molecule has 0 atom stereocenters. The summed E-state index contributed by atoms with van der Waals surface area (Å²) >= 11 is 0. The van der Waals surface area contributed by atoms with Crippen molar-refractivity contribution in [3.8, 4) is 5.88 Å². The van der Waals surface area contributed by atoms with Gasteiger partial charge in [0.25, 0.3) is 0 Å². The maximum atomic E-state index is 6.09. The number of piperidine rings is 1. The average molecular weight is 264 g/mol. The first kappa shape index (κ1) is 14.1. The summed E-state index contributed by atoms with van der Waals surface area (Å²) in [6.07, 6.45) is 4.89. The highest BCUT2D eigenvalue weighted by Gasteiger charge is 2.20. The van der Waals surface area contributed by atoms with Crippen LogP contribution in [0.25, 0.3) is 0 Å². The van der Waals surface area contributed by atoms with Gasteiger partial charge in [-0.3, -0.25) is 0 Å². The molecular formula is C14H24N4O. The maximum Gasteiger partial charge on any atom is 0.222 e. The monoisotopic (exact) mass is 264 g/mol. The lowest BCUT2D eigenvalue weighted by atomic mass is 10.1. The SMILES string of the molecule is CCNc1ncnc(OC2CCN(C)CC2)c1CC. The number of hydrogen-bond donors (Lipinski definition) is 1. The zero-order valence-electron chi connectivity index (χ0n) is 12.1. The fourth-order valence-corrected chi connectivity index (χ4v) is 2.40. The molecule has 0 unspecified atom stereocenters. The second-order valence-electron chi connectivity index (χ2n) is 5.01.